The molecule has 25 heavy (non-hydrogen) atoms. The van der Waals surface area contributed by atoms with Crippen molar-refractivity contribution >= 4 is 23.8 Å². The van der Waals surface area contributed by atoms with Crippen molar-refractivity contribution in [1.82, 2.24) is 14.9 Å². The fourth-order valence-electron chi connectivity index (χ4n) is 3.57. The maximum absolute atomic E-state index is 12.6. The van der Waals surface area contributed by atoms with E-state index in [1.165, 1.54) is 50.6 Å². The fraction of sp³-hybridized carbons (Fsp3) is 0.556. The zero-order valence-electron chi connectivity index (χ0n) is 14.2. The number of rotatable bonds is 6. The number of nitrogens with zero attached hydrogens (tertiary/aromatic N) is 3. The summed E-state index contributed by atoms with van der Waals surface area (Å²) < 4.78 is 0. The molecule has 2 N–H and O–H groups in total. The Bertz CT molecular complexity index is 638. The molecule has 0 bridgehead atoms. The molecule has 1 aliphatic carbocycles. The maximum atomic E-state index is 12.6. The molecule has 7 heteroatoms. The van der Waals surface area contributed by atoms with Crippen LogP contribution in [0.2, 0.25) is 0 Å². The Morgan fingerprint density at radius 1 is 1.24 bits per heavy atom. The summed E-state index contributed by atoms with van der Waals surface area (Å²) in [4.78, 5) is 33.4. The molecule has 2 aliphatic rings. The molecule has 1 amide bonds. The molecule has 134 valence electrons. The Labute approximate surface area is 147 Å². The molecule has 1 saturated heterocycles. The average Bonchev–Trinajstić information content (AvgIpc) is 2.95. The molecule has 2 fully saturated rings. The molecule has 1 saturated carbocycles. The van der Waals surface area contributed by atoms with Crippen LogP contribution in [0.4, 0.5) is 5.82 Å². The zero-order chi connectivity index (χ0) is 17.6. The van der Waals surface area contributed by atoms with Gasteiger partial charge in [-0.3, -0.25) is 9.78 Å². The van der Waals surface area contributed by atoms with Gasteiger partial charge in [0.2, 0.25) is 5.91 Å². The summed E-state index contributed by atoms with van der Waals surface area (Å²) in [6.45, 7) is 1.67. The van der Waals surface area contributed by atoms with Crippen LogP contribution in [0.5, 0.6) is 0 Å². The third-order valence-electron chi connectivity index (χ3n) is 4.89. The second-order valence-electron chi connectivity index (χ2n) is 6.77. The van der Waals surface area contributed by atoms with Gasteiger partial charge in [0, 0.05) is 19.2 Å². The van der Waals surface area contributed by atoms with Crippen LogP contribution in [0, 0.1) is 5.92 Å². The van der Waals surface area contributed by atoms with Crippen molar-refractivity contribution in [3.63, 3.8) is 0 Å². The van der Waals surface area contributed by atoms with E-state index >= 15 is 0 Å². The first-order valence-corrected chi connectivity index (χ1v) is 8.90. The first kappa shape index (κ1) is 17.4. The summed E-state index contributed by atoms with van der Waals surface area (Å²) in [7, 11) is 0. The standard InChI is InChI=1S/C18H24N4O3/c23-17(24)7-6-14-10-20-16(11-19-14)21-15-8-9-22(18(15)25)12-13-4-2-1-3-5-13/h6-7,10-11,13,15H,1-5,8-9,12H2,(H,20,21)(H,23,24)/b7-6+. The highest BCUT2D eigenvalue weighted by Crippen LogP contribution is 2.26. The molecular formula is C18H24N4O3. The van der Waals surface area contributed by atoms with Gasteiger partial charge in [-0.2, -0.15) is 0 Å². The van der Waals surface area contributed by atoms with Gasteiger partial charge in [-0.15, -0.1) is 0 Å². The third kappa shape index (κ3) is 4.78. The van der Waals surface area contributed by atoms with Gasteiger partial charge in [-0.1, -0.05) is 19.3 Å². The van der Waals surface area contributed by atoms with Crippen molar-refractivity contribution in [3.05, 3.63) is 24.2 Å². The highest BCUT2D eigenvalue weighted by atomic mass is 16.4. The second-order valence-corrected chi connectivity index (χ2v) is 6.77. The minimum Gasteiger partial charge on any atom is -0.478 e. The van der Waals surface area contributed by atoms with E-state index in [1.54, 1.807) is 0 Å². The Morgan fingerprint density at radius 3 is 2.72 bits per heavy atom. The lowest BCUT2D eigenvalue weighted by atomic mass is 9.89. The van der Waals surface area contributed by atoms with Crippen LogP contribution in [0.3, 0.4) is 0 Å². The van der Waals surface area contributed by atoms with Crippen molar-refractivity contribution in [2.45, 2.75) is 44.6 Å². The smallest absolute Gasteiger partial charge is 0.328 e. The first-order chi connectivity index (χ1) is 12.1. The summed E-state index contributed by atoms with van der Waals surface area (Å²) in [6.07, 6.45) is 12.5. The summed E-state index contributed by atoms with van der Waals surface area (Å²) in [5.74, 6) is 0.294. The molecule has 0 radical (unpaired) electrons. The second kappa shape index (κ2) is 8.09. The lowest BCUT2D eigenvalue weighted by Crippen LogP contribution is -2.37. The Balaban J connectivity index is 1.52. The maximum Gasteiger partial charge on any atom is 0.328 e. The largest absolute Gasteiger partial charge is 0.478 e. The van der Waals surface area contributed by atoms with Crippen LogP contribution >= 0.6 is 0 Å². The fourth-order valence-corrected chi connectivity index (χ4v) is 3.57. The molecule has 0 spiro atoms. The van der Waals surface area contributed by atoms with Crippen LogP contribution < -0.4 is 5.32 Å². The van der Waals surface area contributed by atoms with E-state index in [-0.39, 0.29) is 11.9 Å². The number of likely N-dealkylation sites (tertiary alicyclic amines) is 1. The predicted octanol–water partition coefficient (Wildman–Crippen LogP) is 2.17. The molecule has 1 aromatic heterocycles. The van der Waals surface area contributed by atoms with Gasteiger partial charge in [0.15, 0.2) is 0 Å². The SMILES string of the molecule is O=C(O)/C=C/c1cnc(NC2CCN(CC3CCCCC3)C2=O)cn1. The van der Waals surface area contributed by atoms with Crippen LogP contribution in [0.15, 0.2) is 18.5 Å². The Kier molecular flexibility index (Phi) is 5.63. The third-order valence-corrected chi connectivity index (χ3v) is 4.89. The number of carbonyl (C=O) groups is 2. The predicted molar refractivity (Wildman–Crippen MR) is 93.9 cm³/mol. The van der Waals surface area contributed by atoms with Crippen LogP contribution in [0.1, 0.15) is 44.2 Å². The molecule has 0 aromatic carbocycles. The van der Waals surface area contributed by atoms with Gasteiger partial charge >= 0.3 is 5.97 Å². The number of amides is 1. The average molecular weight is 344 g/mol. The van der Waals surface area contributed by atoms with Gasteiger partial charge < -0.3 is 15.3 Å². The van der Waals surface area contributed by atoms with Crippen molar-refractivity contribution in [1.29, 1.82) is 0 Å². The van der Waals surface area contributed by atoms with E-state index in [0.717, 1.165) is 25.6 Å². The molecule has 3 rings (SSSR count). The lowest BCUT2D eigenvalue weighted by molar-refractivity contribution is -0.131. The molecule has 1 aromatic rings. The number of hydrogen-bond acceptors (Lipinski definition) is 5. The van der Waals surface area contributed by atoms with Gasteiger partial charge in [-0.05, 0) is 31.3 Å². The minimum absolute atomic E-state index is 0.141. The number of hydrogen-bond donors (Lipinski definition) is 2. The topological polar surface area (TPSA) is 95.4 Å². The highest BCUT2D eigenvalue weighted by Gasteiger charge is 2.33. The lowest BCUT2D eigenvalue weighted by Gasteiger charge is -2.27. The van der Waals surface area contributed by atoms with Crippen LogP contribution in [-0.4, -0.2) is 51.0 Å². The van der Waals surface area contributed by atoms with Crippen molar-refractivity contribution in [2.75, 3.05) is 18.4 Å². The van der Waals surface area contributed by atoms with Gasteiger partial charge in [0.25, 0.3) is 0 Å². The number of carbonyl (C=O) groups excluding carboxylic acids is 1. The van der Waals surface area contributed by atoms with Crippen molar-refractivity contribution < 1.29 is 14.7 Å². The van der Waals surface area contributed by atoms with E-state index < -0.39 is 5.97 Å². The molecule has 1 unspecified atom stereocenters. The number of carboxylic acids is 1. The van der Waals surface area contributed by atoms with Gasteiger partial charge in [-0.25, -0.2) is 9.78 Å². The zero-order valence-corrected chi connectivity index (χ0v) is 14.2. The number of nitrogens with one attached hydrogen (secondary N) is 1. The Hall–Kier alpha value is -2.44. The number of aromatic nitrogens is 2. The van der Waals surface area contributed by atoms with Gasteiger partial charge in [0.1, 0.15) is 11.9 Å². The minimum atomic E-state index is -1.03. The van der Waals surface area contributed by atoms with Crippen LogP contribution in [0.25, 0.3) is 6.08 Å². The van der Waals surface area contributed by atoms with E-state index in [2.05, 4.69) is 15.3 Å². The van der Waals surface area contributed by atoms with Crippen molar-refractivity contribution in [2.24, 2.45) is 5.92 Å². The summed E-state index contributed by atoms with van der Waals surface area (Å²) in [5.41, 5.74) is 0.463. The summed E-state index contributed by atoms with van der Waals surface area (Å²) in [5, 5.41) is 11.7. The van der Waals surface area contributed by atoms with Gasteiger partial charge in [0.05, 0.1) is 18.1 Å². The Morgan fingerprint density at radius 2 is 2.04 bits per heavy atom. The quantitative estimate of drug-likeness (QED) is 0.768. The monoisotopic (exact) mass is 344 g/mol. The molecule has 7 nitrogen and oxygen atoms in total. The molecule has 1 atom stereocenters. The highest BCUT2D eigenvalue weighted by molar-refractivity contribution is 5.86. The summed E-state index contributed by atoms with van der Waals surface area (Å²) in [6, 6.07) is -0.252. The molecular weight excluding hydrogens is 320 g/mol. The van der Waals surface area contributed by atoms with Crippen molar-refractivity contribution in [3.8, 4) is 0 Å². The van der Waals surface area contributed by atoms with E-state index in [0.29, 0.717) is 17.4 Å². The number of aliphatic carboxylic acids is 1. The summed E-state index contributed by atoms with van der Waals surface area (Å²) >= 11 is 0. The van der Waals surface area contributed by atoms with E-state index in [4.69, 9.17) is 5.11 Å². The normalized spacial score (nSPS) is 21.8. The number of carboxylic acid groups (broad SMARTS) is 1. The van der Waals surface area contributed by atoms with Crippen LogP contribution in [-0.2, 0) is 9.59 Å². The van der Waals surface area contributed by atoms with E-state index in [1.807, 2.05) is 4.90 Å². The molecule has 2 heterocycles. The first-order valence-electron chi connectivity index (χ1n) is 8.90. The van der Waals surface area contributed by atoms with E-state index in [9.17, 15) is 9.59 Å². The number of anilines is 1. The molecule has 1 aliphatic heterocycles.